The van der Waals surface area contributed by atoms with E-state index in [0.29, 0.717) is 11.3 Å². The van der Waals surface area contributed by atoms with Crippen LogP contribution in [0.1, 0.15) is 15.9 Å². The van der Waals surface area contributed by atoms with E-state index in [1.165, 1.54) is 18.2 Å². The Hall–Kier alpha value is -3.96. The molecule has 0 bridgehead atoms. The van der Waals surface area contributed by atoms with Crippen LogP contribution in [0.5, 0.6) is 0 Å². The van der Waals surface area contributed by atoms with E-state index in [-0.39, 0.29) is 16.0 Å². The van der Waals surface area contributed by atoms with Gasteiger partial charge in [-0.05, 0) is 30.3 Å². The number of nitriles is 1. The SMILES string of the molecule is CS(=O)(=O)c1ccc(C#N)cc1C(=O)Nc1ccc2nc(-c3ccccc3)cn2c1. The number of hydrogen-bond acceptors (Lipinski definition) is 5. The van der Waals surface area contributed by atoms with Gasteiger partial charge in [-0.15, -0.1) is 0 Å². The Bertz CT molecular complexity index is 1420. The zero-order valence-corrected chi connectivity index (χ0v) is 16.7. The molecule has 2 heterocycles. The van der Waals surface area contributed by atoms with E-state index in [1.54, 1.807) is 22.7 Å². The van der Waals surface area contributed by atoms with E-state index in [0.717, 1.165) is 17.5 Å². The number of carbonyl (C=O) groups excluding carboxylic acids is 1. The zero-order chi connectivity index (χ0) is 21.3. The van der Waals surface area contributed by atoms with Gasteiger partial charge in [-0.25, -0.2) is 13.4 Å². The summed E-state index contributed by atoms with van der Waals surface area (Å²) in [6, 6.07) is 19.0. The smallest absolute Gasteiger partial charge is 0.257 e. The molecule has 0 fully saturated rings. The van der Waals surface area contributed by atoms with Gasteiger partial charge >= 0.3 is 0 Å². The second-order valence-electron chi connectivity index (χ2n) is 6.72. The van der Waals surface area contributed by atoms with Crippen LogP contribution in [0.25, 0.3) is 16.9 Å². The predicted molar refractivity (Wildman–Crippen MR) is 113 cm³/mol. The Balaban J connectivity index is 1.68. The Morgan fingerprint density at radius 3 is 2.53 bits per heavy atom. The molecule has 0 saturated carbocycles. The topological polar surface area (TPSA) is 104 Å². The maximum atomic E-state index is 12.8. The van der Waals surface area contributed by atoms with Gasteiger partial charge in [0.15, 0.2) is 9.84 Å². The maximum absolute atomic E-state index is 12.8. The second-order valence-corrected chi connectivity index (χ2v) is 8.71. The molecule has 0 unspecified atom stereocenters. The molecule has 30 heavy (non-hydrogen) atoms. The Morgan fingerprint density at radius 1 is 1.07 bits per heavy atom. The van der Waals surface area contributed by atoms with Crippen LogP contribution in [-0.4, -0.2) is 30.0 Å². The summed E-state index contributed by atoms with van der Waals surface area (Å²) >= 11 is 0. The standard InChI is InChI=1S/C22H16N4O3S/c1-30(28,29)20-9-7-15(12-23)11-18(20)22(27)24-17-8-10-21-25-19(14-26(21)13-17)16-5-3-2-4-6-16/h2-11,13-14H,1H3,(H,24,27). The molecule has 0 spiro atoms. The summed E-state index contributed by atoms with van der Waals surface area (Å²) < 4.78 is 25.9. The van der Waals surface area contributed by atoms with Gasteiger partial charge in [0.1, 0.15) is 5.65 Å². The fourth-order valence-corrected chi connectivity index (χ4v) is 3.98. The molecule has 4 aromatic rings. The molecule has 2 aromatic carbocycles. The first-order valence-corrected chi connectivity index (χ1v) is 10.8. The number of benzene rings is 2. The van der Waals surface area contributed by atoms with Gasteiger partial charge in [-0.3, -0.25) is 4.79 Å². The number of carbonyl (C=O) groups is 1. The van der Waals surface area contributed by atoms with Crippen molar-refractivity contribution in [2.75, 3.05) is 11.6 Å². The van der Waals surface area contributed by atoms with Crippen molar-refractivity contribution in [3.05, 3.63) is 84.2 Å². The van der Waals surface area contributed by atoms with Gasteiger partial charge in [-0.2, -0.15) is 5.26 Å². The third-order valence-corrected chi connectivity index (χ3v) is 5.69. The Morgan fingerprint density at radius 2 is 1.83 bits per heavy atom. The predicted octanol–water partition coefficient (Wildman–Crippen LogP) is 3.53. The normalized spacial score (nSPS) is 11.2. The number of amides is 1. The molecular weight excluding hydrogens is 400 g/mol. The lowest BCUT2D eigenvalue weighted by Gasteiger charge is -2.10. The van der Waals surface area contributed by atoms with Gasteiger partial charge < -0.3 is 9.72 Å². The number of anilines is 1. The van der Waals surface area contributed by atoms with Crippen molar-refractivity contribution in [1.29, 1.82) is 5.26 Å². The monoisotopic (exact) mass is 416 g/mol. The molecule has 0 aliphatic rings. The van der Waals surface area contributed by atoms with Gasteiger partial charge in [0, 0.05) is 24.2 Å². The molecule has 7 nitrogen and oxygen atoms in total. The van der Waals surface area contributed by atoms with Crippen molar-refractivity contribution in [2.24, 2.45) is 0 Å². The van der Waals surface area contributed by atoms with Crippen LogP contribution in [0.2, 0.25) is 0 Å². The summed E-state index contributed by atoms with van der Waals surface area (Å²) in [5.41, 5.74) is 3.05. The number of hydrogen-bond donors (Lipinski definition) is 1. The summed E-state index contributed by atoms with van der Waals surface area (Å²) in [7, 11) is -3.64. The van der Waals surface area contributed by atoms with Crippen LogP contribution in [0.15, 0.2) is 78.0 Å². The van der Waals surface area contributed by atoms with Crippen LogP contribution in [0, 0.1) is 11.3 Å². The first-order chi connectivity index (χ1) is 14.3. The Kier molecular flexibility index (Phi) is 4.82. The van der Waals surface area contributed by atoms with Crippen LogP contribution in [0.3, 0.4) is 0 Å². The third-order valence-electron chi connectivity index (χ3n) is 4.53. The highest BCUT2D eigenvalue weighted by Gasteiger charge is 2.20. The van der Waals surface area contributed by atoms with E-state index < -0.39 is 15.7 Å². The number of aromatic nitrogens is 2. The van der Waals surface area contributed by atoms with Crippen molar-refractivity contribution in [3.8, 4) is 17.3 Å². The lowest BCUT2D eigenvalue weighted by atomic mass is 10.1. The molecule has 0 radical (unpaired) electrons. The average Bonchev–Trinajstić information content (AvgIpc) is 3.16. The summed E-state index contributed by atoms with van der Waals surface area (Å²) in [5, 5.41) is 11.8. The number of sulfone groups is 1. The second kappa shape index (κ2) is 7.46. The number of pyridine rings is 1. The number of imidazole rings is 1. The quantitative estimate of drug-likeness (QED) is 0.548. The number of fused-ring (bicyclic) bond motifs is 1. The molecule has 0 saturated heterocycles. The van der Waals surface area contributed by atoms with Gasteiger partial charge in [0.2, 0.25) is 0 Å². The van der Waals surface area contributed by atoms with Gasteiger partial charge in [0.25, 0.3) is 5.91 Å². The van der Waals surface area contributed by atoms with Crippen molar-refractivity contribution in [1.82, 2.24) is 9.38 Å². The third kappa shape index (κ3) is 3.79. The van der Waals surface area contributed by atoms with E-state index in [4.69, 9.17) is 5.26 Å². The molecule has 4 rings (SSSR count). The fraction of sp³-hybridized carbons (Fsp3) is 0.0455. The minimum absolute atomic E-state index is 0.0766. The fourth-order valence-electron chi connectivity index (χ4n) is 3.11. The average molecular weight is 416 g/mol. The number of nitrogens with zero attached hydrogens (tertiary/aromatic N) is 3. The van der Waals surface area contributed by atoms with E-state index >= 15 is 0 Å². The molecule has 1 amide bonds. The van der Waals surface area contributed by atoms with Crippen molar-refractivity contribution in [3.63, 3.8) is 0 Å². The Labute approximate surface area is 173 Å². The molecule has 0 atom stereocenters. The zero-order valence-electron chi connectivity index (χ0n) is 15.9. The van der Waals surface area contributed by atoms with Crippen molar-refractivity contribution < 1.29 is 13.2 Å². The summed E-state index contributed by atoms with van der Waals surface area (Å²) in [4.78, 5) is 17.2. The number of nitrogens with one attached hydrogen (secondary N) is 1. The molecule has 8 heteroatoms. The van der Waals surface area contributed by atoms with Crippen LogP contribution < -0.4 is 5.32 Å². The minimum atomic E-state index is -3.64. The molecule has 2 aromatic heterocycles. The summed E-state index contributed by atoms with van der Waals surface area (Å²) in [5.74, 6) is -0.615. The van der Waals surface area contributed by atoms with Crippen molar-refractivity contribution >= 4 is 27.1 Å². The summed E-state index contributed by atoms with van der Waals surface area (Å²) in [6.45, 7) is 0. The lowest BCUT2D eigenvalue weighted by Crippen LogP contribution is -2.16. The minimum Gasteiger partial charge on any atom is -0.321 e. The largest absolute Gasteiger partial charge is 0.321 e. The van der Waals surface area contributed by atoms with E-state index in [1.807, 2.05) is 42.6 Å². The van der Waals surface area contributed by atoms with Crippen LogP contribution >= 0.6 is 0 Å². The van der Waals surface area contributed by atoms with Crippen molar-refractivity contribution in [2.45, 2.75) is 4.90 Å². The highest BCUT2D eigenvalue weighted by Crippen LogP contribution is 2.22. The lowest BCUT2D eigenvalue weighted by molar-refractivity contribution is 0.102. The van der Waals surface area contributed by atoms with Crippen LogP contribution in [-0.2, 0) is 9.84 Å². The molecule has 0 aliphatic carbocycles. The molecule has 1 N–H and O–H groups in total. The van der Waals surface area contributed by atoms with Gasteiger partial charge in [-0.1, -0.05) is 30.3 Å². The first kappa shape index (κ1) is 19.4. The highest BCUT2D eigenvalue weighted by molar-refractivity contribution is 7.90. The van der Waals surface area contributed by atoms with Gasteiger partial charge in [0.05, 0.1) is 33.5 Å². The molecular formula is C22H16N4O3S. The van der Waals surface area contributed by atoms with E-state index in [2.05, 4.69) is 10.3 Å². The number of rotatable bonds is 4. The maximum Gasteiger partial charge on any atom is 0.257 e. The van der Waals surface area contributed by atoms with E-state index in [9.17, 15) is 13.2 Å². The van der Waals surface area contributed by atoms with Crippen LogP contribution in [0.4, 0.5) is 5.69 Å². The highest BCUT2D eigenvalue weighted by atomic mass is 32.2. The first-order valence-electron chi connectivity index (χ1n) is 8.95. The molecule has 0 aliphatic heterocycles. The molecule has 148 valence electrons. The summed E-state index contributed by atoms with van der Waals surface area (Å²) in [6.07, 6.45) is 4.56.